The van der Waals surface area contributed by atoms with Gasteiger partial charge in [-0.15, -0.1) is 12.4 Å². The average Bonchev–Trinajstić information content (AvgIpc) is 3.28. The van der Waals surface area contributed by atoms with Gasteiger partial charge in [-0.2, -0.15) is 0 Å². The Balaban J connectivity index is 0.00000210. The zero-order chi connectivity index (χ0) is 18.1. The summed E-state index contributed by atoms with van der Waals surface area (Å²) in [5.41, 5.74) is 7.19. The molecule has 2 unspecified atom stereocenters. The van der Waals surface area contributed by atoms with Crippen LogP contribution in [-0.2, 0) is 11.3 Å². The highest BCUT2D eigenvalue weighted by Gasteiger charge is 2.35. The van der Waals surface area contributed by atoms with Crippen molar-refractivity contribution in [1.29, 1.82) is 0 Å². The van der Waals surface area contributed by atoms with Gasteiger partial charge < -0.3 is 20.1 Å². The Morgan fingerprint density at radius 1 is 1.11 bits per heavy atom. The second kappa shape index (κ2) is 8.70. The number of carbonyl (C=O) groups is 1. The molecule has 1 aromatic carbocycles. The highest BCUT2D eigenvalue weighted by molar-refractivity contribution is 5.85. The van der Waals surface area contributed by atoms with Gasteiger partial charge in [0.2, 0.25) is 12.7 Å². The first-order chi connectivity index (χ1) is 12.6. The molecule has 150 valence electrons. The number of carbonyl (C=O) groups excluding carboxylic acids is 1. The van der Waals surface area contributed by atoms with Crippen LogP contribution in [0, 0.1) is 11.8 Å². The zero-order valence-corrected chi connectivity index (χ0v) is 16.9. The van der Waals surface area contributed by atoms with Crippen LogP contribution < -0.4 is 15.2 Å². The summed E-state index contributed by atoms with van der Waals surface area (Å²) in [7, 11) is 0. The predicted octanol–water partition coefficient (Wildman–Crippen LogP) is 3.87. The summed E-state index contributed by atoms with van der Waals surface area (Å²) in [4.78, 5) is 15.5. The van der Waals surface area contributed by atoms with Gasteiger partial charge in [0.15, 0.2) is 11.5 Å². The van der Waals surface area contributed by atoms with E-state index < -0.39 is 0 Å². The third-order valence-corrected chi connectivity index (χ3v) is 6.32. The van der Waals surface area contributed by atoms with Gasteiger partial charge in [0.05, 0.1) is 0 Å². The van der Waals surface area contributed by atoms with Gasteiger partial charge in [-0.1, -0.05) is 13.0 Å². The molecule has 2 fully saturated rings. The zero-order valence-electron chi connectivity index (χ0n) is 16.1. The SMILES string of the molecule is CC1CCC(N(Cc2ccc3c(c2)OCO3)C(=O)C2CCC(N)C2)CC1.Cl. The summed E-state index contributed by atoms with van der Waals surface area (Å²) in [6.45, 7) is 3.25. The van der Waals surface area contributed by atoms with Crippen LogP contribution in [-0.4, -0.2) is 29.7 Å². The molecule has 2 saturated carbocycles. The number of hydrogen-bond acceptors (Lipinski definition) is 4. The van der Waals surface area contributed by atoms with Crippen molar-refractivity contribution >= 4 is 18.3 Å². The topological polar surface area (TPSA) is 64.8 Å². The van der Waals surface area contributed by atoms with E-state index in [0.29, 0.717) is 18.5 Å². The molecule has 5 nitrogen and oxygen atoms in total. The molecule has 1 heterocycles. The van der Waals surface area contributed by atoms with E-state index in [1.807, 2.05) is 12.1 Å². The Morgan fingerprint density at radius 3 is 2.56 bits per heavy atom. The first-order valence-corrected chi connectivity index (χ1v) is 10.0. The Morgan fingerprint density at radius 2 is 1.85 bits per heavy atom. The molecule has 3 aliphatic rings. The molecular weight excluding hydrogens is 364 g/mol. The van der Waals surface area contributed by atoms with Crippen molar-refractivity contribution in [3.8, 4) is 11.5 Å². The van der Waals surface area contributed by atoms with Crippen LogP contribution in [0.2, 0.25) is 0 Å². The molecule has 2 atom stereocenters. The Bertz CT molecular complexity index is 661. The predicted molar refractivity (Wildman–Crippen MR) is 107 cm³/mol. The van der Waals surface area contributed by atoms with Crippen LogP contribution in [0.15, 0.2) is 18.2 Å². The molecule has 2 aliphatic carbocycles. The largest absolute Gasteiger partial charge is 0.454 e. The van der Waals surface area contributed by atoms with Crippen molar-refractivity contribution in [1.82, 2.24) is 4.90 Å². The van der Waals surface area contributed by atoms with E-state index in [-0.39, 0.29) is 31.2 Å². The van der Waals surface area contributed by atoms with E-state index in [4.69, 9.17) is 15.2 Å². The van der Waals surface area contributed by atoms with Crippen LogP contribution in [0.3, 0.4) is 0 Å². The number of ether oxygens (including phenoxy) is 2. The number of halogens is 1. The van der Waals surface area contributed by atoms with Crippen molar-refractivity contribution in [3.05, 3.63) is 23.8 Å². The summed E-state index contributed by atoms with van der Waals surface area (Å²) >= 11 is 0. The molecule has 0 aromatic heterocycles. The molecule has 0 radical (unpaired) electrons. The molecule has 0 saturated heterocycles. The monoisotopic (exact) mass is 394 g/mol. The minimum Gasteiger partial charge on any atom is -0.454 e. The second-order valence-electron chi connectivity index (χ2n) is 8.34. The van der Waals surface area contributed by atoms with Crippen molar-refractivity contribution in [2.75, 3.05) is 6.79 Å². The first kappa shape index (κ1) is 20.3. The second-order valence-corrected chi connectivity index (χ2v) is 8.34. The third kappa shape index (κ3) is 4.52. The van der Waals surface area contributed by atoms with Gasteiger partial charge >= 0.3 is 0 Å². The first-order valence-electron chi connectivity index (χ1n) is 10.0. The quantitative estimate of drug-likeness (QED) is 0.841. The molecule has 1 aromatic rings. The number of nitrogens with zero attached hydrogens (tertiary/aromatic N) is 1. The minimum atomic E-state index is 0. The number of rotatable bonds is 4. The van der Waals surface area contributed by atoms with Crippen LogP contribution in [0.1, 0.15) is 57.4 Å². The summed E-state index contributed by atoms with van der Waals surface area (Å²) in [6, 6.07) is 6.56. The van der Waals surface area contributed by atoms with Gasteiger partial charge in [0.25, 0.3) is 0 Å². The number of amides is 1. The molecule has 0 spiro atoms. The van der Waals surface area contributed by atoms with Gasteiger partial charge in [-0.3, -0.25) is 4.79 Å². The molecule has 1 aliphatic heterocycles. The lowest BCUT2D eigenvalue weighted by Gasteiger charge is -2.37. The van der Waals surface area contributed by atoms with Crippen LogP contribution in [0.25, 0.3) is 0 Å². The molecule has 4 rings (SSSR count). The van der Waals surface area contributed by atoms with Gasteiger partial charge in [-0.25, -0.2) is 0 Å². The maximum Gasteiger partial charge on any atom is 0.231 e. The number of benzene rings is 1. The fraction of sp³-hybridized carbons (Fsp3) is 0.667. The highest BCUT2D eigenvalue weighted by Crippen LogP contribution is 2.35. The number of fused-ring (bicyclic) bond motifs is 1. The van der Waals surface area contributed by atoms with Crippen molar-refractivity contribution in [2.24, 2.45) is 17.6 Å². The molecule has 6 heteroatoms. The minimum absolute atomic E-state index is 0. The van der Waals surface area contributed by atoms with E-state index in [2.05, 4.69) is 17.9 Å². The fourth-order valence-electron chi connectivity index (χ4n) is 4.65. The average molecular weight is 395 g/mol. The Kier molecular flexibility index (Phi) is 6.53. The number of hydrogen-bond donors (Lipinski definition) is 1. The van der Waals surface area contributed by atoms with Gasteiger partial charge in [0, 0.05) is 24.5 Å². The van der Waals surface area contributed by atoms with E-state index in [0.717, 1.165) is 55.1 Å². The van der Waals surface area contributed by atoms with Crippen molar-refractivity contribution < 1.29 is 14.3 Å². The normalized spacial score (nSPS) is 29.3. The summed E-state index contributed by atoms with van der Waals surface area (Å²) < 4.78 is 10.9. The van der Waals surface area contributed by atoms with E-state index in [1.54, 1.807) is 0 Å². The summed E-state index contributed by atoms with van der Waals surface area (Å²) in [6.07, 6.45) is 7.36. The lowest BCUT2D eigenvalue weighted by atomic mass is 9.86. The van der Waals surface area contributed by atoms with E-state index in [1.165, 1.54) is 12.8 Å². The maximum absolute atomic E-state index is 13.3. The van der Waals surface area contributed by atoms with Crippen LogP contribution in [0.5, 0.6) is 11.5 Å². The van der Waals surface area contributed by atoms with E-state index >= 15 is 0 Å². The fourth-order valence-corrected chi connectivity index (χ4v) is 4.65. The molecular formula is C21H31ClN2O3. The maximum atomic E-state index is 13.3. The van der Waals surface area contributed by atoms with Crippen LogP contribution in [0.4, 0.5) is 0 Å². The van der Waals surface area contributed by atoms with Gasteiger partial charge in [-0.05, 0) is 68.6 Å². The smallest absolute Gasteiger partial charge is 0.231 e. The summed E-state index contributed by atoms with van der Waals surface area (Å²) in [5, 5.41) is 0. The lowest BCUT2D eigenvalue weighted by Crippen LogP contribution is -2.44. The molecule has 2 N–H and O–H groups in total. The van der Waals surface area contributed by atoms with Crippen molar-refractivity contribution in [2.45, 2.75) is 70.5 Å². The Hall–Kier alpha value is -1.46. The van der Waals surface area contributed by atoms with E-state index in [9.17, 15) is 4.79 Å². The standard InChI is InChI=1S/C21H30N2O3.ClH/c1-14-2-7-18(8-3-14)23(21(24)16-5-6-17(22)11-16)12-15-4-9-19-20(10-15)26-13-25-19;/h4,9-10,14,16-18H,2-3,5-8,11-13,22H2,1H3;1H. The van der Waals surface area contributed by atoms with Crippen LogP contribution >= 0.6 is 12.4 Å². The van der Waals surface area contributed by atoms with Gasteiger partial charge in [0.1, 0.15) is 0 Å². The summed E-state index contributed by atoms with van der Waals surface area (Å²) in [5.74, 6) is 2.75. The van der Waals surface area contributed by atoms with Crippen molar-refractivity contribution in [3.63, 3.8) is 0 Å². The molecule has 0 bridgehead atoms. The number of nitrogens with two attached hydrogens (primary N) is 1. The third-order valence-electron chi connectivity index (χ3n) is 6.32. The Labute approximate surface area is 168 Å². The highest BCUT2D eigenvalue weighted by atomic mass is 35.5. The molecule has 1 amide bonds. The lowest BCUT2D eigenvalue weighted by molar-refractivity contribution is -0.139. The molecule has 27 heavy (non-hydrogen) atoms.